The monoisotopic (exact) mass is 426 g/mol. The van der Waals surface area contributed by atoms with Crippen molar-refractivity contribution < 1.29 is 31.8 Å². The molecule has 0 spiro atoms. The molecule has 0 atom stereocenters. The minimum absolute atomic E-state index is 0.156. The molecule has 3 aromatic rings. The molecule has 0 aliphatic heterocycles. The smallest absolute Gasteiger partial charge is 0.422 e. The molecule has 10 heteroatoms. The number of ether oxygens (including phenoxy) is 3. The van der Waals surface area contributed by atoms with Crippen molar-refractivity contribution in [1.82, 2.24) is 10.2 Å². The third-order valence-electron chi connectivity index (χ3n) is 3.69. The Morgan fingerprint density at radius 1 is 0.931 bits per heavy atom. The first-order chi connectivity index (χ1) is 13.9. The number of halogens is 3. The number of methoxy groups -OCH3 is 2. The van der Waals surface area contributed by atoms with E-state index in [1.54, 1.807) is 44.6 Å². The Bertz CT molecular complexity index is 923. The molecule has 0 amide bonds. The number of aromatic nitrogens is 2. The maximum Gasteiger partial charge on any atom is 0.422 e. The summed E-state index contributed by atoms with van der Waals surface area (Å²) in [6, 6.07) is 11.6. The molecule has 29 heavy (non-hydrogen) atoms. The Hall–Kier alpha value is -2.88. The maximum absolute atomic E-state index is 12.2. The predicted octanol–water partition coefficient (Wildman–Crippen LogP) is 4.99. The lowest BCUT2D eigenvalue weighted by Gasteiger charge is -2.09. The molecular formula is C19H17F3N2O4S. The third-order valence-corrected chi connectivity index (χ3v) is 4.58. The van der Waals surface area contributed by atoms with Gasteiger partial charge in [-0.2, -0.15) is 13.2 Å². The topological polar surface area (TPSA) is 66.6 Å². The maximum atomic E-state index is 12.2. The van der Waals surface area contributed by atoms with E-state index in [0.717, 1.165) is 5.56 Å². The zero-order valence-electron chi connectivity index (χ0n) is 15.5. The third kappa shape index (κ3) is 6.05. The van der Waals surface area contributed by atoms with Crippen molar-refractivity contribution in [2.24, 2.45) is 0 Å². The highest BCUT2D eigenvalue weighted by molar-refractivity contribution is 7.98. The molecule has 0 saturated heterocycles. The number of thioether (sulfide) groups is 1. The molecule has 3 rings (SSSR count). The van der Waals surface area contributed by atoms with Gasteiger partial charge in [0.15, 0.2) is 6.61 Å². The number of alkyl halides is 3. The molecule has 0 aliphatic carbocycles. The van der Waals surface area contributed by atoms with E-state index in [1.165, 1.54) is 23.9 Å². The van der Waals surface area contributed by atoms with Crippen LogP contribution in [0.2, 0.25) is 0 Å². The SMILES string of the molecule is COc1cc(OC)cc(-c2nnc(SCc3ccc(OCC(F)(F)F)cc3)o2)c1. The zero-order chi connectivity index (χ0) is 20.9. The van der Waals surface area contributed by atoms with Gasteiger partial charge in [0, 0.05) is 17.4 Å². The molecule has 154 valence electrons. The van der Waals surface area contributed by atoms with Gasteiger partial charge in [0.25, 0.3) is 5.22 Å². The van der Waals surface area contributed by atoms with Crippen LogP contribution in [0.4, 0.5) is 13.2 Å². The zero-order valence-corrected chi connectivity index (χ0v) is 16.3. The summed E-state index contributed by atoms with van der Waals surface area (Å²) in [5, 5.41) is 8.40. The molecule has 2 aromatic carbocycles. The first kappa shape index (κ1) is 20.8. The van der Waals surface area contributed by atoms with Gasteiger partial charge in [-0.25, -0.2) is 0 Å². The van der Waals surface area contributed by atoms with E-state index < -0.39 is 12.8 Å². The Labute approximate surface area is 169 Å². The van der Waals surface area contributed by atoms with Crippen molar-refractivity contribution in [3.8, 4) is 28.7 Å². The van der Waals surface area contributed by atoms with Crippen LogP contribution in [0.3, 0.4) is 0 Å². The molecular weight excluding hydrogens is 409 g/mol. The first-order valence-electron chi connectivity index (χ1n) is 8.34. The molecule has 1 heterocycles. The second-order valence-electron chi connectivity index (χ2n) is 5.81. The molecule has 0 unspecified atom stereocenters. The van der Waals surface area contributed by atoms with E-state index >= 15 is 0 Å². The largest absolute Gasteiger partial charge is 0.497 e. The molecule has 0 fully saturated rings. The second-order valence-corrected chi connectivity index (χ2v) is 6.74. The van der Waals surface area contributed by atoms with Gasteiger partial charge in [0.05, 0.1) is 14.2 Å². The van der Waals surface area contributed by atoms with Crippen molar-refractivity contribution in [3.05, 3.63) is 48.0 Å². The highest BCUT2D eigenvalue weighted by Crippen LogP contribution is 2.31. The lowest BCUT2D eigenvalue weighted by Crippen LogP contribution is -2.19. The fraction of sp³-hybridized carbons (Fsp3) is 0.263. The minimum atomic E-state index is -4.36. The fourth-order valence-corrected chi connectivity index (χ4v) is 3.03. The molecule has 0 saturated carbocycles. The Balaban J connectivity index is 1.61. The van der Waals surface area contributed by atoms with E-state index in [9.17, 15) is 13.2 Å². The van der Waals surface area contributed by atoms with Crippen LogP contribution in [-0.2, 0) is 5.75 Å². The number of nitrogens with zero attached hydrogens (tertiary/aromatic N) is 2. The Kier molecular flexibility index (Phi) is 6.53. The van der Waals surface area contributed by atoms with Gasteiger partial charge in [-0.05, 0) is 29.8 Å². The normalized spacial score (nSPS) is 11.3. The van der Waals surface area contributed by atoms with E-state index in [-0.39, 0.29) is 5.75 Å². The number of benzene rings is 2. The standard InChI is InChI=1S/C19H17F3N2O4S/c1-25-15-7-13(8-16(9-15)26-2)17-23-24-18(28-17)29-10-12-3-5-14(6-4-12)27-11-19(20,21)22/h3-9H,10-11H2,1-2H3. The molecule has 0 aliphatic rings. The van der Waals surface area contributed by atoms with Gasteiger partial charge in [-0.15, -0.1) is 10.2 Å². The summed E-state index contributed by atoms with van der Waals surface area (Å²) in [4.78, 5) is 0. The van der Waals surface area contributed by atoms with Gasteiger partial charge in [-0.1, -0.05) is 23.9 Å². The average Bonchev–Trinajstić information content (AvgIpc) is 3.19. The summed E-state index contributed by atoms with van der Waals surface area (Å²) < 4.78 is 57.3. The molecule has 0 bridgehead atoms. The van der Waals surface area contributed by atoms with Crippen LogP contribution in [0.5, 0.6) is 17.2 Å². The van der Waals surface area contributed by atoms with Crippen molar-refractivity contribution in [3.63, 3.8) is 0 Å². The summed E-state index contributed by atoms with van der Waals surface area (Å²) in [7, 11) is 3.10. The van der Waals surface area contributed by atoms with Crippen LogP contribution in [-0.4, -0.2) is 37.2 Å². The quantitative estimate of drug-likeness (QED) is 0.470. The van der Waals surface area contributed by atoms with Crippen molar-refractivity contribution in [2.45, 2.75) is 17.2 Å². The summed E-state index contributed by atoms with van der Waals surface area (Å²) >= 11 is 1.31. The summed E-state index contributed by atoms with van der Waals surface area (Å²) in [6.07, 6.45) is -4.36. The summed E-state index contributed by atoms with van der Waals surface area (Å²) in [6.45, 7) is -1.32. The number of hydrogen-bond acceptors (Lipinski definition) is 7. The Morgan fingerprint density at radius 3 is 2.17 bits per heavy atom. The highest BCUT2D eigenvalue weighted by atomic mass is 32.2. The number of rotatable bonds is 8. The van der Waals surface area contributed by atoms with E-state index in [4.69, 9.17) is 13.9 Å². The van der Waals surface area contributed by atoms with Crippen LogP contribution in [0.25, 0.3) is 11.5 Å². The van der Waals surface area contributed by atoms with Crippen LogP contribution >= 0.6 is 11.8 Å². The van der Waals surface area contributed by atoms with Crippen LogP contribution < -0.4 is 14.2 Å². The summed E-state index contributed by atoms with van der Waals surface area (Å²) in [5.74, 6) is 2.17. The Morgan fingerprint density at radius 2 is 1.59 bits per heavy atom. The van der Waals surface area contributed by atoms with Gasteiger partial charge in [0.1, 0.15) is 17.2 Å². The predicted molar refractivity (Wildman–Crippen MR) is 100 cm³/mol. The molecule has 0 N–H and O–H groups in total. The van der Waals surface area contributed by atoms with E-state index in [1.807, 2.05) is 0 Å². The minimum Gasteiger partial charge on any atom is -0.497 e. The molecule has 6 nitrogen and oxygen atoms in total. The van der Waals surface area contributed by atoms with E-state index in [0.29, 0.717) is 33.9 Å². The van der Waals surface area contributed by atoms with Crippen LogP contribution in [0.1, 0.15) is 5.56 Å². The number of hydrogen-bond donors (Lipinski definition) is 0. The van der Waals surface area contributed by atoms with Crippen molar-refractivity contribution >= 4 is 11.8 Å². The van der Waals surface area contributed by atoms with Gasteiger partial charge >= 0.3 is 6.18 Å². The van der Waals surface area contributed by atoms with Gasteiger partial charge in [0.2, 0.25) is 5.89 Å². The lowest BCUT2D eigenvalue weighted by atomic mass is 10.2. The van der Waals surface area contributed by atoms with Crippen LogP contribution in [0.15, 0.2) is 52.1 Å². The van der Waals surface area contributed by atoms with Crippen molar-refractivity contribution in [2.75, 3.05) is 20.8 Å². The van der Waals surface area contributed by atoms with Gasteiger partial charge in [-0.3, -0.25) is 0 Å². The molecule has 0 radical (unpaired) electrons. The fourth-order valence-electron chi connectivity index (χ4n) is 2.31. The second kappa shape index (κ2) is 9.08. The first-order valence-corrected chi connectivity index (χ1v) is 9.33. The molecule has 1 aromatic heterocycles. The highest BCUT2D eigenvalue weighted by Gasteiger charge is 2.28. The van der Waals surface area contributed by atoms with Gasteiger partial charge < -0.3 is 18.6 Å². The average molecular weight is 426 g/mol. The van der Waals surface area contributed by atoms with Crippen molar-refractivity contribution in [1.29, 1.82) is 0 Å². The summed E-state index contributed by atoms with van der Waals surface area (Å²) in [5.41, 5.74) is 1.53. The van der Waals surface area contributed by atoms with Crippen LogP contribution in [0, 0.1) is 0 Å². The lowest BCUT2D eigenvalue weighted by molar-refractivity contribution is -0.153. The van der Waals surface area contributed by atoms with E-state index in [2.05, 4.69) is 14.9 Å².